The van der Waals surface area contributed by atoms with Crippen LogP contribution in [0.2, 0.25) is 0 Å². The van der Waals surface area contributed by atoms with Crippen molar-refractivity contribution < 1.29 is 23.9 Å². The zero-order valence-corrected chi connectivity index (χ0v) is 15.9. The first-order chi connectivity index (χ1) is 12.9. The summed E-state index contributed by atoms with van der Waals surface area (Å²) in [6, 6.07) is -0.799. The van der Waals surface area contributed by atoms with E-state index in [-0.39, 0.29) is 17.2 Å². The van der Waals surface area contributed by atoms with Gasteiger partial charge in [0, 0.05) is 18.4 Å². The number of likely N-dealkylation sites (tertiary alicyclic amines) is 1. The number of esters is 1. The molecule has 5 fully saturated rings. The molecule has 0 aromatic rings. The smallest absolute Gasteiger partial charge is 0.328 e. The predicted octanol–water partition coefficient (Wildman–Crippen LogP) is 1.40. The first-order valence-corrected chi connectivity index (χ1v) is 10.2. The van der Waals surface area contributed by atoms with Crippen molar-refractivity contribution in [1.29, 1.82) is 0 Å². The van der Waals surface area contributed by atoms with Gasteiger partial charge >= 0.3 is 5.97 Å². The Balaban J connectivity index is 1.29. The fraction of sp³-hybridized carbons (Fsp3) is 0.800. The lowest BCUT2D eigenvalue weighted by molar-refractivity contribution is -0.158. The molecule has 27 heavy (non-hydrogen) atoms. The van der Waals surface area contributed by atoms with Crippen molar-refractivity contribution in [2.24, 2.45) is 23.2 Å². The third kappa shape index (κ3) is 3.48. The van der Waals surface area contributed by atoms with E-state index in [2.05, 4.69) is 5.32 Å². The van der Waals surface area contributed by atoms with Crippen LogP contribution in [0.3, 0.4) is 0 Å². The van der Waals surface area contributed by atoms with E-state index in [0.717, 1.165) is 24.2 Å². The van der Waals surface area contributed by atoms with Crippen molar-refractivity contribution in [1.82, 2.24) is 10.2 Å². The van der Waals surface area contributed by atoms with Crippen LogP contribution in [0.25, 0.3) is 0 Å². The van der Waals surface area contributed by atoms with Crippen molar-refractivity contribution in [3.63, 3.8) is 0 Å². The highest BCUT2D eigenvalue weighted by atomic mass is 16.5. The topological polar surface area (TPSA) is 92.8 Å². The number of hydrogen-bond acceptors (Lipinski definition) is 5. The zero-order chi connectivity index (χ0) is 19.2. The van der Waals surface area contributed by atoms with E-state index in [9.17, 15) is 19.2 Å². The molecule has 0 spiro atoms. The Hall–Kier alpha value is -1.92. The highest BCUT2D eigenvalue weighted by Gasteiger charge is 2.54. The van der Waals surface area contributed by atoms with Gasteiger partial charge in [0.2, 0.25) is 11.8 Å². The Morgan fingerprint density at radius 3 is 2.26 bits per heavy atom. The van der Waals surface area contributed by atoms with E-state index < -0.39 is 24.5 Å². The van der Waals surface area contributed by atoms with Gasteiger partial charge in [-0.05, 0) is 69.6 Å². The molecule has 148 valence electrons. The third-order valence-electron chi connectivity index (χ3n) is 6.93. The molecule has 1 heterocycles. The molecule has 4 bridgehead atoms. The largest absolute Gasteiger partial charge is 0.454 e. The second kappa shape index (κ2) is 6.91. The van der Waals surface area contributed by atoms with E-state index in [1.165, 1.54) is 19.3 Å². The first-order valence-electron chi connectivity index (χ1n) is 10.2. The summed E-state index contributed by atoms with van der Waals surface area (Å²) in [6.07, 6.45) is 7.56. The molecule has 1 aliphatic heterocycles. The molecule has 4 saturated carbocycles. The Kier molecular flexibility index (Phi) is 4.72. The Morgan fingerprint density at radius 1 is 1.15 bits per heavy atom. The molecular formula is C20H28N2O5. The van der Waals surface area contributed by atoms with Crippen LogP contribution in [0.15, 0.2) is 0 Å². The molecule has 0 radical (unpaired) electrons. The molecule has 1 saturated heterocycles. The van der Waals surface area contributed by atoms with E-state index in [0.29, 0.717) is 37.1 Å². The van der Waals surface area contributed by atoms with E-state index in [1.807, 2.05) is 0 Å². The number of ether oxygens (including phenoxy) is 1. The minimum absolute atomic E-state index is 0.0351. The van der Waals surface area contributed by atoms with Gasteiger partial charge in [-0.2, -0.15) is 0 Å². The van der Waals surface area contributed by atoms with Gasteiger partial charge in [0.1, 0.15) is 6.04 Å². The van der Waals surface area contributed by atoms with Gasteiger partial charge in [-0.3, -0.25) is 19.3 Å². The average Bonchev–Trinajstić information content (AvgIpc) is 3.04. The molecule has 7 nitrogen and oxygen atoms in total. The summed E-state index contributed by atoms with van der Waals surface area (Å²) in [5.74, 6) is 0.574. The lowest BCUT2D eigenvalue weighted by Crippen LogP contribution is -2.56. The van der Waals surface area contributed by atoms with Crippen molar-refractivity contribution in [2.75, 3.05) is 13.2 Å². The number of amides is 3. The lowest BCUT2D eigenvalue weighted by atomic mass is 9.49. The maximum atomic E-state index is 13.0. The minimum Gasteiger partial charge on any atom is -0.454 e. The number of hydrogen-bond donors (Lipinski definition) is 1. The second-order valence-corrected chi connectivity index (χ2v) is 9.04. The van der Waals surface area contributed by atoms with Crippen molar-refractivity contribution in [2.45, 2.75) is 64.3 Å². The molecule has 1 atom stereocenters. The number of nitrogens with one attached hydrogen (secondary N) is 1. The summed E-state index contributed by atoms with van der Waals surface area (Å²) in [5, 5.41) is 2.83. The quantitative estimate of drug-likeness (QED) is 0.732. The molecule has 1 N–H and O–H groups in total. The monoisotopic (exact) mass is 376 g/mol. The maximum Gasteiger partial charge on any atom is 0.328 e. The van der Waals surface area contributed by atoms with Gasteiger partial charge in [0.15, 0.2) is 6.61 Å². The van der Waals surface area contributed by atoms with Gasteiger partial charge < -0.3 is 10.1 Å². The SMILES string of the molecule is C[C@H](NC(=O)C12CC3CC(CC(C3)C1)C2)C(=O)OCC(=O)N1CCCC1=O. The van der Waals surface area contributed by atoms with Crippen molar-refractivity contribution in [3.05, 3.63) is 0 Å². The molecule has 5 rings (SSSR count). The second-order valence-electron chi connectivity index (χ2n) is 9.04. The van der Waals surface area contributed by atoms with Crippen LogP contribution in [0.4, 0.5) is 0 Å². The van der Waals surface area contributed by atoms with E-state index in [4.69, 9.17) is 4.74 Å². The highest BCUT2D eigenvalue weighted by Crippen LogP contribution is 2.60. The lowest BCUT2D eigenvalue weighted by Gasteiger charge is -2.55. The normalized spacial score (nSPS) is 35.2. The molecule has 0 aromatic carbocycles. The average molecular weight is 376 g/mol. The van der Waals surface area contributed by atoms with Crippen LogP contribution < -0.4 is 5.32 Å². The standard InChI is InChI=1S/C20H28N2O5/c1-12(18(25)27-11-17(24)22-4-2-3-16(22)23)21-19(26)20-8-13-5-14(9-20)7-15(6-13)10-20/h12-15H,2-11H2,1H3,(H,21,26)/t12-,13?,14?,15?,20?/m0/s1. The van der Waals surface area contributed by atoms with Gasteiger partial charge in [0.05, 0.1) is 0 Å². The summed E-state index contributed by atoms with van der Waals surface area (Å²) in [5.41, 5.74) is -0.318. The number of rotatable bonds is 5. The minimum atomic E-state index is -0.799. The van der Waals surface area contributed by atoms with Gasteiger partial charge in [0.25, 0.3) is 5.91 Å². The molecular weight excluding hydrogens is 348 g/mol. The van der Waals surface area contributed by atoms with Crippen LogP contribution in [-0.4, -0.2) is 47.8 Å². The zero-order valence-electron chi connectivity index (χ0n) is 15.9. The van der Waals surface area contributed by atoms with Crippen molar-refractivity contribution in [3.8, 4) is 0 Å². The molecule has 0 aromatic heterocycles. The van der Waals surface area contributed by atoms with Crippen LogP contribution in [0.1, 0.15) is 58.3 Å². The van der Waals surface area contributed by atoms with Crippen LogP contribution >= 0.6 is 0 Å². The highest BCUT2D eigenvalue weighted by molar-refractivity contribution is 5.98. The predicted molar refractivity (Wildman–Crippen MR) is 95.1 cm³/mol. The van der Waals surface area contributed by atoms with Crippen LogP contribution in [0.5, 0.6) is 0 Å². The fourth-order valence-electron chi connectivity index (χ4n) is 6.05. The van der Waals surface area contributed by atoms with Gasteiger partial charge in [-0.15, -0.1) is 0 Å². The fourth-order valence-corrected chi connectivity index (χ4v) is 6.05. The first kappa shape index (κ1) is 18.4. The summed E-state index contributed by atoms with van der Waals surface area (Å²) in [7, 11) is 0. The number of imide groups is 1. The molecule has 5 aliphatic rings. The Labute approximate surface area is 159 Å². The third-order valence-corrected chi connectivity index (χ3v) is 6.93. The van der Waals surface area contributed by atoms with E-state index >= 15 is 0 Å². The van der Waals surface area contributed by atoms with Crippen LogP contribution in [0, 0.1) is 23.2 Å². The Bertz CT molecular complexity index is 638. The Morgan fingerprint density at radius 2 is 1.74 bits per heavy atom. The molecule has 4 aliphatic carbocycles. The molecule has 0 unspecified atom stereocenters. The summed E-state index contributed by atoms with van der Waals surface area (Å²) < 4.78 is 5.05. The maximum absolute atomic E-state index is 13.0. The molecule has 7 heteroatoms. The van der Waals surface area contributed by atoms with Crippen molar-refractivity contribution >= 4 is 23.7 Å². The van der Waals surface area contributed by atoms with Gasteiger partial charge in [-0.25, -0.2) is 4.79 Å². The number of nitrogens with zero attached hydrogens (tertiary/aromatic N) is 1. The summed E-state index contributed by atoms with van der Waals surface area (Å²) in [4.78, 5) is 49.8. The summed E-state index contributed by atoms with van der Waals surface area (Å²) >= 11 is 0. The number of carbonyl (C=O) groups excluding carboxylic acids is 4. The van der Waals surface area contributed by atoms with Gasteiger partial charge in [-0.1, -0.05) is 0 Å². The van der Waals surface area contributed by atoms with Crippen LogP contribution in [-0.2, 0) is 23.9 Å². The molecule has 3 amide bonds. The van der Waals surface area contributed by atoms with E-state index in [1.54, 1.807) is 6.92 Å². The number of carbonyl (C=O) groups is 4. The summed E-state index contributed by atoms with van der Waals surface area (Å²) in [6.45, 7) is 1.52.